The molecule has 0 saturated heterocycles. The number of fused-ring (bicyclic) bond motifs is 7. The zero-order valence-corrected chi connectivity index (χ0v) is 29.8. The van der Waals surface area contributed by atoms with Gasteiger partial charge in [-0.15, -0.1) is 0 Å². The fourth-order valence-electron chi connectivity index (χ4n) is 8.38. The average Bonchev–Trinajstić information content (AvgIpc) is 3.83. The van der Waals surface area contributed by atoms with Crippen LogP contribution in [0.5, 0.6) is 0 Å². The van der Waals surface area contributed by atoms with Crippen molar-refractivity contribution in [3.05, 3.63) is 200 Å². The second kappa shape index (κ2) is 12.6. The van der Waals surface area contributed by atoms with Gasteiger partial charge in [0.2, 0.25) is 0 Å². The third-order valence-electron chi connectivity index (χ3n) is 10.9. The molecule has 0 radical (unpaired) electrons. The lowest BCUT2D eigenvalue weighted by atomic mass is 9.96. The molecule has 0 saturated carbocycles. The number of hydrogen-bond donors (Lipinski definition) is 0. The molecule has 0 unspecified atom stereocenters. The Morgan fingerprint density at radius 1 is 0.327 bits per heavy atom. The topological polar surface area (TPSA) is 29.5 Å². The summed E-state index contributed by atoms with van der Waals surface area (Å²) >= 11 is 0. The lowest BCUT2D eigenvalue weighted by Crippen LogP contribution is -2.11. The molecular formula is C52H33NO2. The largest absolute Gasteiger partial charge is 0.456 e. The first kappa shape index (κ1) is 31.2. The Hall–Kier alpha value is -7.36. The Morgan fingerprint density at radius 3 is 1.82 bits per heavy atom. The van der Waals surface area contributed by atoms with Crippen molar-refractivity contribution >= 4 is 71.7 Å². The predicted octanol–water partition coefficient (Wildman–Crippen LogP) is 15.1. The maximum atomic E-state index is 6.60. The van der Waals surface area contributed by atoms with E-state index >= 15 is 0 Å². The van der Waals surface area contributed by atoms with Crippen LogP contribution < -0.4 is 4.90 Å². The molecule has 55 heavy (non-hydrogen) atoms. The molecule has 258 valence electrons. The summed E-state index contributed by atoms with van der Waals surface area (Å²) in [5.41, 5.74) is 13.5. The van der Waals surface area contributed by atoms with Crippen LogP contribution in [0.15, 0.2) is 209 Å². The van der Waals surface area contributed by atoms with Crippen LogP contribution in [-0.4, -0.2) is 0 Å². The predicted molar refractivity (Wildman–Crippen MR) is 229 cm³/mol. The van der Waals surface area contributed by atoms with Gasteiger partial charge in [-0.05, 0) is 81.6 Å². The normalized spacial score (nSPS) is 11.6. The Bertz CT molecular complexity index is 3220. The first-order chi connectivity index (χ1) is 27.3. The fourth-order valence-corrected chi connectivity index (χ4v) is 8.38. The number of para-hydroxylation sites is 4. The van der Waals surface area contributed by atoms with Crippen LogP contribution in [0.2, 0.25) is 0 Å². The van der Waals surface area contributed by atoms with Gasteiger partial charge in [0.25, 0.3) is 0 Å². The summed E-state index contributed by atoms with van der Waals surface area (Å²) in [6.07, 6.45) is 0. The molecule has 0 aliphatic carbocycles. The van der Waals surface area contributed by atoms with Gasteiger partial charge in [-0.2, -0.15) is 0 Å². The van der Waals surface area contributed by atoms with Crippen molar-refractivity contribution in [1.82, 2.24) is 0 Å². The zero-order chi connectivity index (χ0) is 36.3. The Morgan fingerprint density at radius 2 is 0.927 bits per heavy atom. The average molecular weight is 704 g/mol. The van der Waals surface area contributed by atoms with Crippen molar-refractivity contribution in [3.63, 3.8) is 0 Å². The molecule has 0 aliphatic rings. The van der Waals surface area contributed by atoms with E-state index in [4.69, 9.17) is 8.83 Å². The summed E-state index contributed by atoms with van der Waals surface area (Å²) in [7, 11) is 0. The Kier molecular flexibility index (Phi) is 7.17. The number of anilines is 3. The summed E-state index contributed by atoms with van der Waals surface area (Å²) in [5.74, 6) is 0. The summed E-state index contributed by atoms with van der Waals surface area (Å²) in [6.45, 7) is 0. The van der Waals surface area contributed by atoms with E-state index in [1.54, 1.807) is 0 Å². The van der Waals surface area contributed by atoms with E-state index in [0.29, 0.717) is 0 Å². The molecule has 0 spiro atoms. The molecule has 0 fully saturated rings. The van der Waals surface area contributed by atoms with Crippen molar-refractivity contribution < 1.29 is 8.83 Å². The molecule has 0 N–H and O–H groups in total. The molecule has 9 aromatic carbocycles. The molecular weight excluding hydrogens is 671 g/mol. The molecule has 2 heterocycles. The highest BCUT2D eigenvalue weighted by Gasteiger charge is 2.21. The van der Waals surface area contributed by atoms with E-state index in [9.17, 15) is 0 Å². The van der Waals surface area contributed by atoms with Crippen molar-refractivity contribution in [2.75, 3.05) is 4.90 Å². The van der Waals surface area contributed by atoms with Crippen LogP contribution in [0.3, 0.4) is 0 Å². The maximum absolute atomic E-state index is 6.60. The minimum Gasteiger partial charge on any atom is -0.456 e. The molecule has 11 rings (SSSR count). The van der Waals surface area contributed by atoms with Crippen molar-refractivity contribution in [2.45, 2.75) is 0 Å². The van der Waals surface area contributed by atoms with Gasteiger partial charge in [0, 0.05) is 44.0 Å². The standard InChI is InChI=1S/C52H33NO2/c1-2-17-39-34(13-1)14-10-21-40(39)35-29-31-37(32-30-35)53(38-16-9-15-36(33-38)41-22-12-28-50-51(41)46-20-5-8-27-49(46)54-50)47-25-6-3-18-42(47)44-23-11-24-45-43-19-4-7-26-48(43)55-52(44)45/h1-33H. The van der Waals surface area contributed by atoms with Crippen LogP contribution >= 0.6 is 0 Å². The monoisotopic (exact) mass is 703 g/mol. The molecule has 0 bridgehead atoms. The van der Waals surface area contributed by atoms with Crippen molar-refractivity contribution in [3.8, 4) is 33.4 Å². The van der Waals surface area contributed by atoms with Crippen LogP contribution in [0.4, 0.5) is 17.1 Å². The second-order valence-corrected chi connectivity index (χ2v) is 14.0. The van der Waals surface area contributed by atoms with Gasteiger partial charge in [-0.3, -0.25) is 0 Å². The van der Waals surface area contributed by atoms with E-state index < -0.39 is 0 Å². The summed E-state index contributed by atoms with van der Waals surface area (Å²) in [5, 5.41) is 6.94. The fraction of sp³-hybridized carbons (Fsp3) is 0. The third kappa shape index (κ3) is 5.13. The lowest BCUT2D eigenvalue weighted by Gasteiger charge is -2.28. The molecule has 0 amide bonds. The molecule has 3 heteroatoms. The molecule has 3 nitrogen and oxygen atoms in total. The SMILES string of the molecule is c1cc(-c2cccc3oc4ccccc4c23)cc(N(c2ccc(-c3cccc4ccccc34)cc2)c2ccccc2-c2cccc3c2oc2ccccc23)c1. The summed E-state index contributed by atoms with van der Waals surface area (Å²) in [6, 6.07) is 71.0. The van der Waals surface area contributed by atoms with E-state index in [1.165, 1.54) is 21.9 Å². The second-order valence-electron chi connectivity index (χ2n) is 14.0. The quantitative estimate of drug-likeness (QED) is 0.173. The number of benzene rings is 9. The van der Waals surface area contributed by atoms with Gasteiger partial charge in [0.1, 0.15) is 22.3 Å². The maximum Gasteiger partial charge on any atom is 0.143 e. The van der Waals surface area contributed by atoms with Gasteiger partial charge in [0.05, 0.1) is 5.69 Å². The van der Waals surface area contributed by atoms with Crippen LogP contribution in [-0.2, 0) is 0 Å². The highest BCUT2D eigenvalue weighted by atomic mass is 16.3. The summed E-state index contributed by atoms with van der Waals surface area (Å²) in [4.78, 5) is 2.38. The van der Waals surface area contributed by atoms with Crippen LogP contribution in [0, 0.1) is 0 Å². The smallest absolute Gasteiger partial charge is 0.143 e. The van der Waals surface area contributed by atoms with Gasteiger partial charge in [0.15, 0.2) is 0 Å². The van der Waals surface area contributed by atoms with E-state index in [0.717, 1.165) is 83.2 Å². The van der Waals surface area contributed by atoms with Crippen molar-refractivity contribution in [1.29, 1.82) is 0 Å². The van der Waals surface area contributed by atoms with Gasteiger partial charge in [-0.25, -0.2) is 0 Å². The van der Waals surface area contributed by atoms with Gasteiger partial charge >= 0.3 is 0 Å². The number of nitrogens with zero attached hydrogens (tertiary/aromatic N) is 1. The first-order valence-electron chi connectivity index (χ1n) is 18.7. The number of hydrogen-bond acceptors (Lipinski definition) is 3. The van der Waals surface area contributed by atoms with Crippen LogP contribution in [0.1, 0.15) is 0 Å². The molecule has 2 aromatic heterocycles. The lowest BCUT2D eigenvalue weighted by molar-refractivity contribution is 0.669. The molecule has 11 aromatic rings. The van der Waals surface area contributed by atoms with E-state index in [1.807, 2.05) is 24.3 Å². The van der Waals surface area contributed by atoms with Gasteiger partial charge < -0.3 is 13.7 Å². The van der Waals surface area contributed by atoms with Gasteiger partial charge in [-0.1, -0.05) is 152 Å². The van der Waals surface area contributed by atoms with Crippen molar-refractivity contribution in [2.24, 2.45) is 0 Å². The first-order valence-corrected chi connectivity index (χ1v) is 18.7. The van der Waals surface area contributed by atoms with Crippen LogP contribution in [0.25, 0.3) is 88.0 Å². The minimum atomic E-state index is 0.884. The highest BCUT2D eigenvalue weighted by Crippen LogP contribution is 2.46. The van der Waals surface area contributed by atoms with E-state index in [2.05, 4.69) is 181 Å². The highest BCUT2D eigenvalue weighted by molar-refractivity contribution is 6.13. The zero-order valence-electron chi connectivity index (χ0n) is 29.8. The molecule has 0 aliphatic heterocycles. The summed E-state index contributed by atoms with van der Waals surface area (Å²) < 4.78 is 12.9. The molecule has 0 atom stereocenters. The number of furan rings is 2. The number of rotatable bonds is 6. The Balaban J connectivity index is 1.12. The Labute approximate surface area is 317 Å². The minimum absolute atomic E-state index is 0.884. The van der Waals surface area contributed by atoms with E-state index in [-0.39, 0.29) is 0 Å². The third-order valence-corrected chi connectivity index (χ3v) is 10.9.